The van der Waals surface area contributed by atoms with Gasteiger partial charge in [-0.1, -0.05) is 54.6 Å². The summed E-state index contributed by atoms with van der Waals surface area (Å²) in [5.41, 5.74) is 5.58. The number of carbonyl (C=O) groups is 1. The van der Waals surface area contributed by atoms with Crippen LogP contribution in [0.1, 0.15) is 39.8 Å². The molecule has 0 N–H and O–H groups in total. The van der Waals surface area contributed by atoms with Crippen molar-refractivity contribution in [2.75, 3.05) is 13.1 Å². The molecule has 0 spiro atoms. The molecule has 1 aliphatic rings. The monoisotopic (exact) mass is 468 g/mol. The van der Waals surface area contributed by atoms with E-state index < -0.39 is 0 Å². The van der Waals surface area contributed by atoms with Gasteiger partial charge < -0.3 is 4.90 Å². The highest BCUT2D eigenvalue weighted by Crippen LogP contribution is 2.28. The van der Waals surface area contributed by atoms with Crippen molar-refractivity contribution in [1.82, 2.24) is 19.6 Å². The fourth-order valence-electron chi connectivity index (χ4n) is 4.73. The van der Waals surface area contributed by atoms with Gasteiger partial charge in [0.15, 0.2) is 0 Å². The number of benzene rings is 3. The van der Waals surface area contributed by atoms with Gasteiger partial charge in [-0.2, -0.15) is 5.10 Å². The lowest BCUT2D eigenvalue weighted by molar-refractivity contribution is 0.0749. The number of fused-ring (bicyclic) bond motifs is 1. The SMILES string of the molecule is CCN(Cc1nn(-c2ccccc2)c2c1CN(Cc1ccccc1F)CC2)C(=O)c1ccccc1. The summed E-state index contributed by atoms with van der Waals surface area (Å²) in [6, 6.07) is 26.4. The lowest BCUT2D eigenvalue weighted by atomic mass is 10.0. The minimum absolute atomic E-state index is 0.00451. The van der Waals surface area contributed by atoms with Crippen LogP contribution >= 0.6 is 0 Å². The molecule has 0 saturated carbocycles. The molecule has 178 valence electrons. The van der Waals surface area contributed by atoms with E-state index in [1.165, 1.54) is 11.8 Å². The molecule has 4 aromatic rings. The Bertz CT molecular complexity index is 1300. The largest absolute Gasteiger partial charge is 0.333 e. The Hall–Kier alpha value is -3.77. The third-order valence-corrected chi connectivity index (χ3v) is 6.60. The van der Waals surface area contributed by atoms with Crippen LogP contribution < -0.4 is 0 Å². The molecule has 0 radical (unpaired) electrons. The van der Waals surface area contributed by atoms with Crippen molar-refractivity contribution >= 4 is 5.91 Å². The molecule has 3 aromatic carbocycles. The number of aromatic nitrogens is 2. The molecule has 0 unspecified atom stereocenters. The second-order valence-corrected chi connectivity index (χ2v) is 8.86. The number of nitrogens with zero attached hydrogens (tertiary/aromatic N) is 4. The highest BCUT2D eigenvalue weighted by molar-refractivity contribution is 5.94. The van der Waals surface area contributed by atoms with Crippen LogP contribution in [-0.2, 0) is 26.1 Å². The van der Waals surface area contributed by atoms with E-state index in [0.29, 0.717) is 37.3 Å². The van der Waals surface area contributed by atoms with E-state index in [2.05, 4.69) is 17.0 Å². The number of halogens is 1. The number of para-hydroxylation sites is 1. The molecule has 1 aliphatic heterocycles. The molecule has 0 atom stereocenters. The standard InChI is InChI=1S/C29H29FN4O/c1-2-33(29(35)22-11-5-3-6-12-22)21-27-25-20-32(19-23-13-9-10-16-26(23)30)18-17-28(25)34(31-27)24-14-7-4-8-15-24/h3-16H,2,17-21H2,1H3. The summed E-state index contributed by atoms with van der Waals surface area (Å²) in [7, 11) is 0. The summed E-state index contributed by atoms with van der Waals surface area (Å²) in [4.78, 5) is 17.3. The molecule has 35 heavy (non-hydrogen) atoms. The van der Waals surface area contributed by atoms with Crippen LogP contribution in [0.15, 0.2) is 84.9 Å². The highest BCUT2D eigenvalue weighted by Gasteiger charge is 2.28. The Morgan fingerprint density at radius 3 is 2.37 bits per heavy atom. The van der Waals surface area contributed by atoms with Crippen LogP contribution in [0.2, 0.25) is 0 Å². The molecule has 6 heteroatoms. The zero-order valence-electron chi connectivity index (χ0n) is 19.9. The lowest BCUT2D eigenvalue weighted by Crippen LogP contribution is -2.33. The van der Waals surface area contributed by atoms with E-state index in [1.807, 2.05) is 77.2 Å². The average Bonchev–Trinajstić information content (AvgIpc) is 3.27. The summed E-state index contributed by atoms with van der Waals surface area (Å²) < 4.78 is 16.3. The van der Waals surface area contributed by atoms with E-state index in [0.717, 1.165) is 29.9 Å². The number of hydrogen-bond donors (Lipinski definition) is 0. The molecule has 0 fully saturated rings. The average molecular weight is 469 g/mol. The van der Waals surface area contributed by atoms with Crippen LogP contribution in [0.25, 0.3) is 5.69 Å². The van der Waals surface area contributed by atoms with Gasteiger partial charge in [-0.15, -0.1) is 0 Å². The minimum atomic E-state index is -0.177. The van der Waals surface area contributed by atoms with Crippen LogP contribution in [-0.4, -0.2) is 38.6 Å². The van der Waals surface area contributed by atoms with Crippen molar-refractivity contribution in [2.24, 2.45) is 0 Å². The molecule has 0 aliphatic carbocycles. The molecular formula is C29H29FN4O. The van der Waals surface area contributed by atoms with Gasteiger partial charge >= 0.3 is 0 Å². The first-order valence-corrected chi connectivity index (χ1v) is 12.1. The van der Waals surface area contributed by atoms with Gasteiger partial charge in [0.05, 0.1) is 23.6 Å². The van der Waals surface area contributed by atoms with Gasteiger partial charge in [0, 0.05) is 49.3 Å². The summed E-state index contributed by atoms with van der Waals surface area (Å²) in [6.07, 6.45) is 0.810. The van der Waals surface area contributed by atoms with E-state index in [9.17, 15) is 9.18 Å². The molecule has 1 amide bonds. The minimum Gasteiger partial charge on any atom is -0.333 e. The molecule has 0 saturated heterocycles. The van der Waals surface area contributed by atoms with Gasteiger partial charge in [-0.25, -0.2) is 9.07 Å². The van der Waals surface area contributed by atoms with Crippen LogP contribution in [0.3, 0.4) is 0 Å². The van der Waals surface area contributed by atoms with E-state index in [1.54, 1.807) is 6.07 Å². The van der Waals surface area contributed by atoms with E-state index >= 15 is 0 Å². The van der Waals surface area contributed by atoms with Gasteiger partial charge in [0.1, 0.15) is 5.82 Å². The summed E-state index contributed by atoms with van der Waals surface area (Å²) in [5, 5.41) is 5.01. The van der Waals surface area contributed by atoms with E-state index in [-0.39, 0.29) is 11.7 Å². The Morgan fingerprint density at radius 1 is 0.971 bits per heavy atom. The van der Waals surface area contributed by atoms with Gasteiger partial charge in [-0.05, 0) is 37.3 Å². The molecule has 2 heterocycles. The quantitative estimate of drug-likeness (QED) is 0.373. The maximum absolute atomic E-state index is 14.3. The van der Waals surface area contributed by atoms with Crippen molar-refractivity contribution in [2.45, 2.75) is 33.0 Å². The Balaban J connectivity index is 1.47. The second-order valence-electron chi connectivity index (χ2n) is 8.86. The zero-order valence-corrected chi connectivity index (χ0v) is 19.9. The number of amides is 1. The first-order chi connectivity index (χ1) is 17.1. The molecule has 5 nitrogen and oxygen atoms in total. The molecular weight excluding hydrogens is 439 g/mol. The van der Waals surface area contributed by atoms with Crippen LogP contribution in [0, 0.1) is 5.82 Å². The zero-order chi connectivity index (χ0) is 24.2. The van der Waals surface area contributed by atoms with Crippen molar-refractivity contribution in [3.05, 3.63) is 119 Å². The van der Waals surface area contributed by atoms with Gasteiger partial charge in [0.25, 0.3) is 5.91 Å². The third kappa shape index (κ3) is 4.88. The van der Waals surface area contributed by atoms with Crippen molar-refractivity contribution < 1.29 is 9.18 Å². The summed E-state index contributed by atoms with van der Waals surface area (Å²) in [5.74, 6) is -0.181. The highest BCUT2D eigenvalue weighted by atomic mass is 19.1. The number of carbonyl (C=O) groups excluding carboxylic acids is 1. The van der Waals surface area contributed by atoms with Crippen molar-refractivity contribution in [3.8, 4) is 5.69 Å². The normalized spacial score (nSPS) is 13.4. The first kappa shape index (κ1) is 23.0. The summed E-state index contributed by atoms with van der Waals surface area (Å²) in [6.45, 7) is 5.04. The van der Waals surface area contributed by atoms with Gasteiger partial charge in [-0.3, -0.25) is 9.69 Å². The lowest BCUT2D eigenvalue weighted by Gasteiger charge is -2.28. The molecule has 1 aromatic heterocycles. The topological polar surface area (TPSA) is 41.4 Å². The Labute approximate surface area is 205 Å². The Kier molecular flexibility index (Phi) is 6.73. The third-order valence-electron chi connectivity index (χ3n) is 6.60. The first-order valence-electron chi connectivity index (χ1n) is 12.1. The smallest absolute Gasteiger partial charge is 0.254 e. The maximum Gasteiger partial charge on any atom is 0.254 e. The Morgan fingerprint density at radius 2 is 1.66 bits per heavy atom. The van der Waals surface area contributed by atoms with Crippen molar-refractivity contribution in [3.63, 3.8) is 0 Å². The van der Waals surface area contributed by atoms with E-state index in [4.69, 9.17) is 5.10 Å². The number of rotatable bonds is 7. The van der Waals surface area contributed by atoms with Gasteiger partial charge in [0.2, 0.25) is 0 Å². The summed E-state index contributed by atoms with van der Waals surface area (Å²) >= 11 is 0. The maximum atomic E-state index is 14.3. The predicted octanol–water partition coefficient (Wildman–Crippen LogP) is 5.23. The fourth-order valence-corrected chi connectivity index (χ4v) is 4.73. The number of hydrogen-bond acceptors (Lipinski definition) is 3. The molecule has 0 bridgehead atoms. The van der Waals surface area contributed by atoms with Crippen LogP contribution in [0.5, 0.6) is 0 Å². The second kappa shape index (κ2) is 10.2. The molecule has 5 rings (SSSR count). The van der Waals surface area contributed by atoms with Crippen molar-refractivity contribution in [1.29, 1.82) is 0 Å². The predicted molar refractivity (Wildman–Crippen MR) is 135 cm³/mol. The van der Waals surface area contributed by atoms with Crippen LogP contribution in [0.4, 0.5) is 4.39 Å². The fraction of sp³-hybridized carbons (Fsp3) is 0.241.